The number of benzene rings is 1. The predicted molar refractivity (Wildman–Crippen MR) is 120 cm³/mol. The first-order valence-electron chi connectivity index (χ1n) is 11.5. The summed E-state index contributed by atoms with van der Waals surface area (Å²) in [6.45, 7) is 5.89. The number of nitrogens with zero attached hydrogens (tertiary/aromatic N) is 3. The van der Waals surface area contributed by atoms with Crippen LogP contribution < -0.4 is 0 Å². The zero-order valence-electron chi connectivity index (χ0n) is 18.2. The van der Waals surface area contributed by atoms with Crippen LogP contribution in [0.25, 0.3) is 11.0 Å². The molecule has 0 bridgehead atoms. The Bertz CT molecular complexity index is 1020. The first-order chi connectivity index (χ1) is 14.6. The number of aromatic amines is 1. The molecule has 3 aromatic rings. The van der Waals surface area contributed by atoms with Crippen LogP contribution in [-0.2, 0) is 0 Å². The topological polar surface area (TPSA) is 53.9 Å². The lowest BCUT2D eigenvalue weighted by molar-refractivity contribution is 0.0710. The van der Waals surface area contributed by atoms with Crippen LogP contribution in [0, 0.1) is 13.8 Å². The number of imidazole rings is 1. The molecule has 1 saturated carbocycles. The fraction of sp³-hybridized carbons (Fsp3) is 0.520. The van der Waals surface area contributed by atoms with Crippen molar-refractivity contribution >= 4 is 16.9 Å². The average Bonchev–Trinajstić information content (AvgIpc) is 3.34. The van der Waals surface area contributed by atoms with Gasteiger partial charge in [-0.25, -0.2) is 4.98 Å². The van der Waals surface area contributed by atoms with Crippen LogP contribution >= 0.6 is 0 Å². The highest BCUT2D eigenvalue weighted by molar-refractivity contribution is 5.95. The zero-order valence-corrected chi connectivity index (χ0v) is 18.2. The van der Waals surface area contributed by atoms with E-state index in [9.17, 15) is 4.79 Å². The molecule has 0 radical (unpaired) electrons. The van der Waals surface area contributed by atoms with E-state index in [2.05, 4.69) is 41.6 Å². The first kappa shape index (κ1) is 19.4. The molecule has 0 unspecified atom stereocenters. The minimum absolute atomic E-state index is 0.202. The second kappa shape index (κ2) is 7.93. The molecule has 30 heavy (non-hydrogen) atoms. The van der Waals surface area contributed by atoms with Crippen LogP contribution in [0.4, 0.5) is 0 Å². The number of H-pyrrole nitrogens is 1. The second-order valence-electron chi connectivity index (χ2n) is 9.15. The highest BCUT2D eigenvalue weighted by Gasteiger charge is 2.29. The molecule has 5 heteroatoms. The van der Waals surface area contributed by atoms with Crippen molar-refractivity contribution < 1.29 is 4.79 Å². The van der Waals surface area contributed by atoms with Crippen molar-refractivity contribution in [2.45, 2.75) is 70.8 Å². The Kier molecular flexibility index (Phi) is 5.13. The van der Waals surface area contributed by atoms with Gasteiger partial charge in [0.15, 0.2) is 0 Å². The van der Waals surface area contributed by atoms with Crippen molar-refractivity contribution in [2.75, 3.05) is 13.1 Å². The van der Waals surface area contributed by atoms with E-state index in [4.69, 9.17) is 4.98 Å². The molecular weight excluding hydrogens is 372 g/mol. The molecule has 5 rings (SSSR count). The number of fused-ring (bicyclic) bond motifs is 1. The summed E-state index contributed by atoms with van der Waals surface area (Å²) in [4.78, 5) is 23.7. The van der Waals surface area contributed by atoms with Crippen molar-refractivity contribution in [1.29, 1.82) is 0 Å². The average molecular weight is 405 g/mol. The standard InChI is InChI=1S/C25H32N4O/c1-17-16-21(18(2)29(17)20-8-4-3-5-9-20)25(30)28-14-12-19(13-15-28)24-26-22-10-6-7-11-23(22)27-24/h6-7,10-11,16,19-20H,3-5,8-9,12-15H2,1-2H3,(H,26,27). The van der Waals surface area contributed by atoms with E-state index in [1.54, 1.807) is 0 Å². The summed E-state index contributed by atoms with van der Waals surface area (Å²) < 4.78 is 2.44. The number of likely N-dealkylation sites (tertiary alicyclic amines) is 1. The smallest absolute Gasteiger partial charge is 0.255 e. The lowest BCUT2D eigenvalue weighted by atomic mass is 9.95. The van der Waals surface area contributed by atoms with Gasteiger partial charge in [-0.1, -0.05) is 31.4 Å². The highest BCUT2D eigenvalue weighted by atomic mass is 16.2. The predicted octanol–water partition coefficient (Wildman–Crippen LogP) is 5.51. The summed E-state index contributed by atoms with van der Waals surface area (Å²) in [6.07, 6.45) is 8.38. The largest absolute Gasteiger partial charge is 0.345 e. The highest BCUT2D eigenvalue weighted by Crippen LogP contribution is 2.33. The van der Waals surface area contributed by atoms with E-state index in [0.717, 1.165) is 54.0 Å². The number of para-hydroxylation sites is 2. The third-order valence-corrected chi connectivity index (χ3v) is 7.23. The van der Waals surface area contributed by atoms with E-state index >= 15 is 0 Å². The summed E-state index contributed by atoms with van der Waals surface area (Å²) in [7, 11) is 0. The van der Waals surface area contributed by atoms with Crippen LogP contribution in [0.5, 0.6) is 0 Å². The van der Waals surface area contributed by atoms with Gasteiger partial charge in [0.2, 0.25) is 0 Å². The number of piperidine rings is 1. The Hall–Kier alpha value is -2.56. The van der Waals surface area contributed by atoms with Crippen molar-refractivity contribution in [3.8, 4) is 0 Å². The summed E-state index contributed by atoms with van der Waals surface area (Å²) in [5, 5.41) is 0. The van der Waals surface area contributed by atoms with Gasteiger partial charge in [-0.05, 0) is 57.7 Å². The van der Waals surface area contributed by atoms with Gasteiger partial charge in [0, 0.05) is 36.4 Å². The van der Waals surface area contributed by atoms with Crippen LogP contribution in [0.2, 0.25) is 0 Å². The van der Waals surface area contributed by atoms with E-state index in [0.29, 0.717) is 12.0 Å². The molecule has 0 spiro atoms. The second-order valence-corrected chi connectivity index (χ2v) is 9.15. The number of aromatic nitrogens is 3. The third-order valence-electron chi connectivity index (χ3n) is 7.23. The number of hydrogen-bond donors (Lipinski definition) is 1. The number of carbonyl (C=O) groups excluding carboxylic acids is 1. The Morgan fingerprint density at radius 1 is 1.03 bits per heavy atom. The molecule has 0 atom stereocenters. The van der Waals surface area contributed by atoms with Crippen LogP contribution in [0.1, 0.15) is 84.5 Å². The number of rotatable bonds is 3. The number of carbonyl (C=O) groups is 1. The maximum absolute atomic E-state index is 13.3. The van der Waals surface area contributed by atoms with Gasteiger partial charge in [0.1, 0.15) is 5.82 Å². The number of hydrogen-bond acceptors (Lipinski definition) is 2. The number of aryl methyl sites for hydroxylation is 1. The van der Waals surface area contributed by atoms with Gasteiger partial charge in [0.25, 0.3) is 5.91 Å². The van der Waals surface area contributed by atoms with Gasteiger partial charge in [0.05, 0.1) is 16.6 Å². The lowest BCUT2D eigenvalue weighted by Gasteiger charge is -2.31. The normalized spacial score (nSPS) is 18.9. The summed E-state index contributed by atoms with van der Waals surface area (Å²) in [5.41, 5.74) is 5.42. The fourth-order valence-electron chi connectivity index (χ4n) is 5.59. The molecule has 158 valence electrons. The quantitative estimate of drug-likeness (QED) is 0.626. The molecule has 1 amide bonds. The number of amides is 1. The van der Waals surface area contributed by atoms with E-state index in [1.807, 2.05) is 17.0 Å². The Morgan fingerprint density at radius 2 is 1.77 bits per heavy atom. The Morgan fingerprint density at radius 3 is 2.50 bits per heavy atom. The molecule has 1 aromatic carbocycles. The molecule has 2 aromatic heterocycles. The van der Waals surface area contributed by atoms with Gasteiger partial charge >= 0.3 is 0 Å². The molecule has 5 nitrogen and oxygen atoms in total. The van der Waals surface area contributed by atoms with Crippen LogP contribution in [0.15, 0.2) is 30.3 Å². The SMILES string of the molecule is Cc1cc(C(=O)N2CCC(c3nc4ccccc4[nH]3)CC2)c(C)n1C1CCCCC1. The van der Waals surface area contributed by atoms with Crippen molar-refractivity contribution in [1.82, 2.24) is 19.4 Å². The van der Waals surface area contributed by atoms with Gasteiger partial charge < -0.3 is 14.5 Å². The monoisotopic (exact) mass is 404 g/mol. The molecule has 1 saturated heterocycles. The lowest BCUT2D eigenvalue weighted by Crippen LogP contribution is -2.38. The molecule has 2 aliphatic rings. The van der Waals surface area contributed by atoms with Gasteiger partial charge in [-0.15, -0.1) is 0 Å². The summed E-state index contributed by atoms with van der Waals surface area (Å²) >= 11 is 0. The van der Waals surface area contributed by atoms with E-state index in [-0.39, 0.29) is 5.91 Å². The molecule has 3 heterocycles. The van der Waals surface area contributed by atoms with Gasteiger partial charge in [-0.2, -0.15) is 0 Å². The van der Waals surface area contributed by atoms with Crippen LogP contribution in [-0.4, -0.2) is 38.4 Å². The van der Waals surface area contributed by atoms with E-state index < -0.39 is 0 Å². The summed E-state index contributed by atoms with van der Waals surface area (Å²) in [5.74, 6) is 1.67. The fourth-order valence-corrected chi connectivity index (χ4v) is 5.59. The van der Waals surface area contributed by atoms with Crippen LogP contribution in [0.3, 0.4) is 0 Å². The molecule has 1 aliphatic heterocycles. The van der Waals surface area contributed by atoms with Crippen molar-refractivity contribution in [3.63, 3.8) is 0 Å². The van der Waals surface area contributed by atoms with Crippen molar-refractivity contribution in [3.05, 3.63) is 53.1 Å². The summed E-state index contributed by atoms with van der Waals surface area (Å²) in [6, 6.07) is 10.9. The molecule has 2 fully saturated rings. The maximum Gasteiger partial charge on any atom is 0.255 e. The minimum atomic E-state index is 0.202. The third kappa shape index (κ3) is 3.44. The van der Waals surface area contributed by atoms with E-state index in [1.165, 1.54) is 37.8 Å². The minimum Gasteiger partial charge on any atom is -0.345 e. The molecular formula is C25H32N4O. The maximum atomic E-state index is 13.3. The van der Waals surface area contributed by atoms with Gasteiger partial charge in [-0.3, -0.25) is 4.79 Å². The zero-order chi connectivity index (χ0) is 20.7. The Labute approximate surface area is 178 Å². The Balaban J connectivity index is 1.29. The van der Waals surface area contributed by atoms with Crippen molar-refractivity contribution in [2.24, 2.45) is 0 Å². The molecule has 1 aliphatic carbocycles. The first-order valence-corrected chi connectivity index (χ1v) is 11.5. The molecule has 1 N–H and O–H groups in total. The number of nitrogens with one attached hydrogen (secondary N) is 1.